The molecule has 1 rings (SSSR count). The number of esters is 1. The average Bonchev–Trinajstić information content (AvgIpc) is 2.51. The van der Waals surface area contributed by atoms with E-state index in [-0.39, 0.29) is 18.1 Å². The lowest BCUT2D eigenvalue weighted by molar-refractivity contribution is -0.151. The summed E-state index contributed by atoms with van der Waals surface area (Å²) in [4.78, 5) is 35.9. The number of carbonyl (C=O) groups excluding carboxylic acids is 3. The summed E-state index contributed by atoms with van der Waals surface area (Å²) >= 11 is 0. The molecule has 1 N–H and O–H groups in total. The molecular weight excluding hydrogens is 294 g/mol. The predicted molar refractivity (Wildman–Crippen MR) is 88.9 cm³/mol. The Morgan fingerprint density at radius 1 is 1.00 bits per heavy atom. The van der Waals surface area contributed by atoms with Gasteiger partial charge >= 0.3 is 5.97 Å². The fraction of sp³-hybridized carbons (Fsp3) is 0.833. The van der Waals surface area contributed by atoms with Crippen LogP contribution < -0.4 is 5.32 Å². The molecule has 0 aromatic heterocycles. The van der Waals surface area contributed by atoms with Gasteiger partial charge in [0.25, 0.3) is 0 Å². The minimum absolute atomic E-state index is 0.00224. The first-order valence-corrected chi connectivity index (χ1v) is 9.11. The number of hydrogen-bond acceptors (Lipinski definition) is 4. The van der Waals surface area contributed by atoms with E-state index in [1.54, 1.807) is 6.92 Å². The van der Waals surface area contributed by atoms with Gasteiger partial charge in [-0.1, -0.05) is 44.9 Å². The molecule has 132 valence electrons. The Hall–Kier alpha value is -1.39. The van der Waals surface area contributed by atoms with E-state index in [4.69, 9.17) is 4.74 Å². The Morgan fingerprint density at radius 3 is 2.26 bits per heavy atom. The lowest BCUT2D eigenvalue weighted by Gasteiger charge is -2.15. The lowest BCUT2D eigenvalue weighted by Crippen LogP contribution is -2.31. The first kappa shape index (κ1) is 19.7. The minimum Gasteiger partial charge on any atom is -0.465 e. The molecule has 5 nitrogen and oxygen atoms in total. The van der Waals surface area contributed by atoms with Crippen molar-refractivity contribution in [3.63, 3.8) is 0 Å². The van der Waals surface area contributed by atoms with Crippen molar-refractivity contribution in [1.82, 2.24) is 5.32 Å². The van der Waals surface area contributed by atoms with Crippen molar-refractivity contribution in [3.8, 4) is 0 Å². The normalized spacial score (nSPS) is 23.1. The zero-order valence-corrected chi connectivity index (χ0v) is 14.4. The standard InChI is InChI=1S/C18H31NO4/c1-2-23-18(22)15-11-9-7-5-3-4-6-8-10-12-17(21)19-14-13-16(15)20/h15H,2-14H2,1H3,(H,19,21). The summed E-state index contributed by atoms with van der Waals surface area (Å²) in [5.41, 5.74) is 0. The highest BCUT2D eigenvalue weighted by atomic mass is 16.5. The first-order valence-electron chi connectivity index (χ1n) is 9.11. The molecular formula is C18H31NO4. The van der Waals surface area contributed by atoms with Crippen LogP contribution in [0.1, 0.15) is 77.6 Å². The van der Waals surface area contributed by atoms with E-state index < -0.39 is 11.9 Å². The Labute approximate surface area is 139 Å². The van der Waals surface area contributed by atoms with E-state index in [1.807, 2.05) is 0 Å². The maximum atomic E-state index is 12.3. The highest BCUT2D eigenvalue weighted by molar-refractivity contribution is 5.99. The molecule has 1 aliphatic rings. The summed E-state index contributed by atoms with van der Waals surface area (Å²) in [6.07, 6.45) is 9.92. The molecule has 0 saturated carbocycles. The SMILES string of the molecule is CCOC(=O)C1CCCCCCCCCCC(=O)NCCC1=O. The summed E-state index contributed by atoms with van der Waals surface area (Å²) in [5.74, 6) is -1.20. The zero-order valence-electron chi connectivity index (χ0n) is 14.4. The molecule has 1 atom stereocenters. The van der Waals surface area contributed by atoms with Crippen LogP contribution >= 0.6 is 0 Å². The Morgan fingerprint density at radius 2 is 1.61 bits per heavy atom. The molecule has 23 heavy (non-hydrogen) atoms. The number of nitrogens with one attached hydrogen (secondary N) is 1. The van der Waals surface area contributed by atoms with Gasteiger partial charge in [-0.05, 0) is 19.8 Å². The van der Waals surface area contributed by atoms with Crippen LogP contribution in [0.2, 0.25) is 0 Å². The molecule has 1 heterocycles. The molecule has 0 aromatic carbocycles. The van der Waals surface area contributed by atoms with Gasteiger partial charge in [-0.3, -0.25) is 14.4 Å². The Kier molecular flexibility index (Phi) is 10.3. The topological polar surface area (TPSA) is 72.5 Å². The van der Waals surface area contributed by atoms with Crippen LogP contribution in [-0.2, 0) is 19.1 Å². The fourth-order valence-electron chi connectivity index (χ4n) is 2.94. The summed E-state index contributed by atoms with van der Waals surface area (Å²) < 4.78 is 5.03. The van der Waals surface area contributed by atoms with E-state index in [9.17, 15) is 14.4 Å². The van der Waals surface area contributed by atoms with Gasteiger partial charge in [0.1, 0.15) is 11.7 Å². The van der Waals surface area contributed by atoms with Crippen LogP contribution in [0.3, 0.4) is 0 Å². The molecule has 0 aliphatic carbocycles. The van der Waals surface area contributed by atoms with Gasteiger partial charge in [0.05, 0.1) is 6.61 Å². The third-order valence-corrected chi connectivity index (χ3v) is 4.30. The molecule has 0 aromatic rings. The largest absolute Gasteiger partial charge is 0.465 e. The molecule has 1 aliphatic heterocycles. The predicted octanol–water partition coefficient (Wildman–Crippen LogP) is 3.16. The van der Waals surface area contributed by atoms with Gasteiger partial charge in [-0.25, -0.2) is 0 Å². The third-order valence-electron chi connectivity index (χ3n) is 4.30. The first-order chi connectivity index (χ1) is 11.1. The van der Waals surface area contributed by atoms with E-state index in [1.165, 1.54) is 19.3 Å². The zero-order chi connectivity index (χ0) is 16.9. The number of amides is 1. The average molecular weight is 325 g/mol. The van der Waals surface area contributed by atoms with Gasteiger partial charge in [0, 0.05) is 19.4 Å². The van der Waals surface area contributed by atoms with Gasteiger partial charge in [-0.15, -0.1) is 0 Å². The minimum atomic E-state index is -0.667. The molecule has 1 fully saturated rings. The van der Waals surface area contributed by atoms with Crippen molar-refractivity contribution < 1.29 is 19.1 Å². The van der Waals surface area contributed by atoms with Crippen LogP contribution in [-0.4, -0.2) is 30.8 Å². The summed E-state index contributed by atoms with van der Waals surface area (Å²) in [7, 11) is 0. The Bertz CT molecular complexity index is 381. The fourth-order valence-corrected chi connectivity index (χ4v) is 2.94. The van der Waals surface area contributed by atoms with Crippen LogP contribution in [0.5, 0.6) is 0 Å². The number of hydrogen-bond donors (Lipinski definition) is 1. The van der Waals surface area contributed by atoms with Gasteiger partial charge < -0.3 is 10.1 Å². The quantitative estimate of drug-likeness (QED) is 0.625. The molecule has 1 saturated heterocycles. The van der Waals surface area contributed by atoms with Crippen LogP contribution in [0.15, 0.2) is 0 Å². The second-order valence-electron chi connectivity index (χ2n) is 6.24. The van der Waals surface area contributed by atoms with E-state index in [0.717, 1.165) is 32.1 Å². The molecule has 5 heteroatoms. The second-order valence-corrected chi connectivity index (χ2v) is 6.24. The highest BCUT2D eigenvalue weighted by Crippen LogP contribution is 2.17. The van der Waals surface area contributed by atoms with Crippen molar-refractivity contribution in [2.24, 2.45) is 5.92 Å². The maximum absolute atomic E-state index is 12.3. The van der Waals surface area contributed by atoms with Crippen molar-refractivity contribution in [2.75, 3.05) is 13.2 Å². The number of carbonyl (C=O) groups is 3. The van der Waals surface area contributed by atoms with Crippen molar-refractivity contribution in [2.45, 2.75) is 77.6 Å². The monoisotopic (exact) mass is 325 g/mol. The number of rotatable bonds is 2. The van der Waals surface area contributed by atoms with Crippen molar-refractivity contribution in [1.29, 1.82) is 0 Å². The van der Waals surface area contributed by atoms with Gasteiger partial charge in [0.15, 0.2) is 0 Å². The summed E-state index contributed by atoms with van der Waals surface area (Å²) in [6.45, 7) is 2.35. The molecule has 1 unspecified atom stereocenters. The summed E-state index contributed by atoms with van der Waals surface area (Å²) in [5, 5.41) is 2.77. The number of ketones is 1. The van der Waals surface area contributed by atoms with Crippen molar-refractivity contribution >= 4 is 17.7 Å². The number of Topliss-reactive ketones (excluding diaryl/α,β-unsaturated/α-hetero) is 1. The van der Waals surface area contributed by atoms with Gasteiger partial charge in [-0.2, -0.15) is 0 Å². The lowest BCUT2D eigenvalue weighted by atomic mass is 9.94. The van der Waals surface area contributed by atoms with Crippen LogP contribution in [0, 0.1) is 5.92 Å². The maximum Gasteiger partial charge on any atom is 0.316 e. The molecule has 0 bridgehead atoms. The van der Waals surface area contributed by atoms with E-state index in [0.29, 0.717) is 26.0 Å². The second kappa shape index (κ2) is 12.1. The van der Waals surface area contributed by atoms with Crippen LogP contribution in [0.25, 0.3) is 0 Å². The smallest absolute Gasteiger partial charge is 0.316 e. The highest BCUT2D eigenvalue weighted by Gasteiger charge is 2.26. The third kappa shape index (κ3) is 8.72. The van der Waals surface area contributed by atoms with Crippen molar-refractivity contribution in [3.05, 3.63) is 0 Å². The Balaban J connectivity index is 2.55. The van der Waals surface area contributed by atoms with Crippen LogP contribution in [0.4, 0.5) is 0 Å². The molecule has 0 spiro atoms. The van der Waals surface area contributed by atoms with E-state index in [2.05, 4.69) is 5.32 Å². The molecule has 1 amide bonds. The molecule has 0 radical (unpaired) electrons. The summed E-state index contributed by atoms with van der Waals surface area (Å²) in [6, 6.07) is 0. The number of ether oxygens (including phenoxy) is 1. The van der Waals surface area contributed by atoms with E-state index >= 15 is 0 Å². The van der Waals surface area contributed by atoms with Gasteiger partial charge in [0.2, 0.25) is 5.91 Å².